The first kappa shape index (κ1) is 18.4. The summed E-state index contributed by atoms with van der Waals surface area (Å²) in [6.07, 6.45) is 0. The van der Waals surface area contributed by atoms with Crippen LogP contribution in [0, 0.1) is 6.92 Å². The maximum Gasteiger partial charge on any atom is 0.161 e. The van der Waals surface area contributed by atoms with Crippen molar-refractivity contribution in [2.45, 2.75) is 19.9 Å². The highest BCUT2D eigenvalue weighted by atomic mass is 32.1. The Bertz CT molecular complexity index is 910. The summed E-state index contributed by atoms with van der Waals surface area (Å²) in [5.41, 5.74) is 2.10. The van der Waals surface area contributed by atoms with E-state index in [9.17, 15) is 0 Å². The van der Waals surface area contributed by atoms with Gasteiger partial charge in [-0.15, -0.1) is 11.3 Å². The number of aryl methyl sites for hydroxylation is 1. The second-order valence-electron chi connectivity index (χ2n) is 6.02. The van der Waals surface area contributed by atoms with Gasteiger partial charge in [0, 0.05) is 24.1 Å². The molecule has 1 unspecified atom stereocenters. The van der Waals surface area contributed by atoms with E-state index in [2.05, 4.69) is 27.6 Å². The molecule has 0 aliphatic heterocycles. The summed E-state index contributed by atoms with van der Waals surface area (Å²) in [4.78, 5) is 10.2. The number of nitrogens with zero attached hydrogens (tertiary/aromatic N) is 2. The monoisotopic (exact) mass is 373 g/mol. The van der Waals surface area contributed by atoms with Crippen molar-refractivity contribution in [1.29, 1.82) is 0 Å². The van der Waals surface area contributed by atoms with Gasteiger partial charge in [0.1, 0.15) is 16.5 Å². The fourth-order valence-corrected chi connectivity index (χ4v) is 3.89. The molecule has 0 bridgehead atoms. The van der Waals surface area contributed by atoms with Crippen molar-refractivity contribution < 1.29 is 14.2 Å². The Balaban J connectivity index is 2.12. The number of aromatic nitrogens is 2. The van der Waals surface area contributed by atoms with E-state index in [4.69, 9.17) is 14.2 Å². The van der Waals surface area contributed by atoms with Crippen LogP contribution in [0.25, 0.3) is 21.3 Å². The smallest absolute Gasteiger partial charge is 0.161 e. The van der Waals surface area contributed by atoms with Gasteiger partial charge in [-0.2, -0.15) is 0 Å². The molecule has 3 rings (SSSR count). The molecule has 6 nitrogen and oxygen atoms in total. The minimum atomic E-state index is 0.135. The molecule has 2 aromatic heterocycles. The average Bonchev–Trinajstić information content (AvgIpc) is 3.05. The van der Waals surface area contributed by atoms with Crippen LogP contribution in [0.3, 0.4) is 0 Å². The molecule has 0 aliphatic carbocycles. The SMILES string of the molecule is COCC(C)Nc1nc(C)nc2scc(-c3ccc(OC)c(OC)c3)c12. The number of hydrogen-bond donors (Lipinski definition) is 1. The highest BCUT2D eigenvalue weighted by Gasteiger charge is 2.17. The molecule has 0 saturated heterocycles. The van der Waals surface area contributed by atoms with E-state index in [1.807, 2.05) is 25.1 Å². The topological polar surface area (TPSA) is 65.5 Å². The molecule has 0 fully saturated rings. The number of rotatable bonds is 7. The Morgan fingerprint density at radius 1 is 1.12 bits per heavy atom. The predicted octanol–water partition coefficient (Wildman–Crippen LogP) is 4.13. The highest BCUT2D eigenvalue weighted by molar-refractivity contribution is 7.17. The Kier molecular flexibility index (Phi) is 5.58. The molecule has 1 aromatic carbocycles. The van der Waals surface area contributed by atoms with Gasteiger partial charge >= 0.3 is 0 Å². The lowest BCUT2D eigenvalue weighted by atomic mass is 10.1. The number of fused-ring (bicyclic) bond motifs is 1. The van der Waals surface area contributed by atoms with Gasteiger partial charge in [-0.25, -0.2) is 9.97 Å². The second kappa shape index (κ2) is 7.88. The molecular weight excluding hydrogens is 350 g/mol. The van der Waals surface area contributed by atoms with Crippen LogP contribution in [0.15, 0.2) is 23.6 Å². The van der Waals surface area contributed by atoms with Crippen molar-refractivity contribution in [3.05, 3.63) is 29.4 Å². The molecule has 2 heterocycles. The van der Waals surface area contributed by atoms with Gasteiger partial charge in [0.2, 0.25) is 0 Å². The Morgan fingerprint density at radius 2 is 1.88 bits per heavy atom. The number of benzene rings is 1. The van der Waals surface area contributed by atoms with Gasteiger partial charge in [0.25, 0.3) is 0 Å². The number of ether oxygens (including phenoxy) is 3. The van der Waals surface area contributed by atoms with Gasteiger partial charge in [0.15, 0.2) is 11.5 Å². The van der Waals surface area contributed by atoms with Crippen LogP contribution < -0.4 is 14.8 Å². The minimum absolute atomic E-state index is 0.135. The zero-order chi connectivity index (χ0) is 18.7. The van der Waals surface area contributed by atoms with E-state index in [-0.39, 0.29) is 6.04 Å². The van der Waals surface area contributed by atoms with Crippen molar-refractivity contribution in [3.63, 3.8) is 0 Å². The van der Waals surface area contributed by atoms with E-state index in [1.165, 1.54) is 0 Å². The standard InChI is InChI=1S/C19H23N3O3S/c1-11(9-23-3)20-18-17-14(10-26-19(17)22-12(2)21-18)13-6-7-15(24-4)16(8-13)25-5/h6-8,10-11H,9H2,1-5H3,(H,20,21,22). The largest absolute Gasteiger partial charge is 0.493 e. The van der Waals surface area contributed by atoms with Crippen molar-refractivity contribution in [1.82, 2.24) is 9.97 Å². The number of anilines is 1. The number of nitrogens with one attached hydrogen (secondary N) is 1. The number of thiophene rings is 1. The van der Waals surface area contributed by atoms with Crippen LogP contribution in [0.4, 0.5) is 5.82 Å². The summed E-state index contributed by atoms with van der Waals surface area (Å²) in [5, 5.41) is 6.56. The third kappa shape index (κ3) is 3.59. The normalized spacial score (nSPS) is 12.2. The summed E-state index contributed by atoms with van der Waals surface area (Å²) in [6.45, 7) is 4.57. The van der Waals surface area contributed by atoms with Crippen LogP contribution in [0.1, 0.15) is 12.7 Å². The Labute approximate surface area is 157 Å². The molecule has 26 heavy (non-hydrogen) atoms. The molecule has 0 spiro atoms. The quantitative estimate of drug-likeness (QED) is 0.672. The fraction of sp³-hybridized carbons (Fsp3) is 0.368. The lowest BCUT2D eigenvalue weighted by Gasteiger charge is -2.15. The van der Waals surface area contributed by atoms with E-state index in [0.717, 1.165) is 33.0 Å². The van der Waals surface area contributed by atoms with E-state index >= 15 is 0 Å². The maximum atomic E-state index is 5.45. The van der Waals surface area contributed by atoms with Crippen LogP contribution >= 0.6 is 11.3 Å². The van der Waals surface area contributed by atoms with Crippen LogP contribution in [-0.2, 0) is 4.74 Å². The van der Waals surface area contributed by atoms with Gasteiger partial charge in [0.05, 0.1) is 26.2 Å². The summed E-state index contributed by atoms with van der Waals surface area (Å²) < 4.78 is 16.0. The third-order valence-electron chi connectivity index (χ3n) is 4.04. The first-order valence-electron chi connectivity index (χ1n) is 8.31. The van der Waals surface area contributed by atoms with E-state index in [0.29, 0.717) is 18.1 Å². The fourth-order valence-electron chi connectivity index (χ4n) is 2.89. The van der Waals surface area contributed by atoms with Gasteiger partial charge in [-0.05, 0) is 31.5 Å². The summed E-state index contributed by atoms with van der Waals surface area (Å²) in [5.74, 6) is 2.96. The van der Waals surface area contributed by atoms with Crippen molar-refractivity contribution in [2.24, 2.45) is 0 Å². The maximum absolute atomic E-state index is 5.45. The molecule has 0 aliphatic rings. The van der Waals surface area contributed by atoms with Crippen molar-refractivity contribution in [3.8, 4) is 22.6 Å². The zero-order valence-electron chi connectivity index (χ0n) is 15.6. The van der Waals surface area contributed by atoms with Gasteiger partial charge in [-0.1, -0.05) is 6.07 Å². The lowest BCUT2D eigenvalue weighted by Crippen LogP contribution is -2.21. The van der Waals surface area contributed by atoms with E-state index < -0.39 is 0 Å². The predicted molar refractivity (Wildman–Crippen MR) is 106 cm³/mol. The molecular formula is C19H23N3O3S. The van der Waals surface area contributed by atoms with Gasteiger partial charge < -0.3 is 19.5 Å². The first-order valence-corrected chi connectivity index (χ1v) is 9.19. The molecule has 1 atom stereocenters. The lowest BCUT2D eigenvalue weighted by molar-refractivity contribution is 0.190. The minimum Gasteiger partial charge on any atom is -0.493 e. The molecule has 3 aromatic rings. The zero-order valence-corrected chi connectivity index (χ0v) is 16.4. The Hall–Kier alpha value is -2.38. The van der Waals surface area contributed by atoms with Crippen LogP contribution in [-0.4, -0.2) is 43.9 Å². The summed E-state index contributed by atoms with van der Waals surface area (Å²) in [6, 6.07) is 6.04. The van der Waals surface area contributed by atoms with Gasteiger partial charge in [-0.3, -0.25) is 0 Å². The van der Waals surface area contributed by atoms with Crippen LogP contribution in [0.5, 0.6) is 11.5 Å². The molecule has 1 N–H and O–H groups in total. The first-order chi connectivity index (χ1) is 12.6. The second-order valence-corrected chi connectivity index (χ2v) is 6.88. The van der Waals surface area contributed by atoms with E-state index in [1.54, 1.807) is 32.7 Å². The highest BCUT2D eigenvalue weighted by Crippen LogP contribution is 2.40. The van der Waals surface area contributed by atoms with Crippen molar-refractivity contribution in [2.75, 3.05) is 33.3 Å². The van der Waals surface area contributed by atoms with Crippen LogP contribution in [0.2, 0.25) is 0 Å². The average molecular weight is 373 g/mol. The molecule has 0 saturated carbocycles. The number of methoxy groups -OCH3 is 3. The Morgan fingerprint density at radius 3 is 2.58 bits per heavy atom. The molecule has 138 valence electrons. The summed E-state index contributed by atoms with van der Waals surface area (Å²) >= 11 is 1.61. The number of hydrogen-bond acceptors (Lipinski definition) is 7. The molecule has 0 amide bonds. The molecule has 7 heteroatoms. The van der Waals surface area contributed by atoms with Crippen molar-refractivity contribution >= 4 is 27.4 Å². The molecule has 0 radical (unpaired) electrons. The third-order valence-corrected chi connectivity index (χ3v) is 4.91. The summed E-state index contributed by atoms with van der Waals surface area (Å²) in [7, 11) is 4.96.